The molecule has 3 spiro atoms. The number of nitrogens with one attached hydrogen (secondary N) is 4. The summed E-state index contributed by atoms with van der Waals surface area (Å²) in [5, 5.41) is 5.39. The minimum atomic E-state index is -1.84. The summed E-state index contributed by atoms with van der Waals surface area (Å²) in [5.74, 6) is 3.53. The number of anilines is 8. The summed E-state index contributed by atoms with van der Waals surface area (Å²) in [6.45, 7) is 36.5. The molecule has 0 aliphatic carbocycles. The summed E-state index contributed by atoms with van der Waals surface area (Å²) in [6.07, 6.45) is 17.6. The minimum absolute atomic E-state index is 0.0105. The number of nitrogens with zero attached hydrogens (tertiary/aromatic N) is 6. The minimum Gasteiger partial charge on any atom is -0.484 e. The third-order valence-electron chi connectivity index (χ3n) is 26.7. The number of fused-ring (bicyclic) bond motifs is 8. The second-order valence-corrected chi connectivity index (χ2v) is 42.7. The quantitative estimate of drug-likeness (QED) is 0.0330. The fourth-order valence-electron chi connectivity index (χ4n) is 18.6. The van der Waals surface area contributed by atoms with Crippen molar-refractivity contribution in [2.45, 2.75) is 179 Å². The number of likely N-dealkylation sites (tertiary alicyclic amines) is 2. The van der Waals surface area contributed by atoms with Crippen molar-refractivity contribution in [3.05, 3.63) is 216 Å². The average Bonchev–Trinajstić information content (AvgIpc) is 1.67. The number of aryl methyl sites for hydroxylation is 1. The molecule has 12 aromatic rings. The first kappa shape index (κ1) is 85.4. The number of aromatic nitrogens is 4. The van der Waals surface area contributed by atoms with Crippen LogP contribution in [0.1, 0.15) is 122 Å². The molecule has 23 heteroatoms. The number of nitrogen functional groups attached to an aromatic ring is 4. The number of aromatic amines is 4. The molecule has 7 aliphatic heterocycles. The Bertz CT molecular complexity index is 5660. The van der Waals surface area contributed by atoms with E-state index in [1.54, 1.807) is 4.90 Å². The SMILES string of the molecule is CC(C)(C)OC(=O)N1CCC2(CC1)CN(CCc1c[nH]c3ccccc13)c1ccc(N)cc1O2.CC(C)N1CCC2(CC1)CN(CCc1c[nH]c3ccccc13)c1ccc(N)cc1O2.Cc1cccc2c(CCN3CC(CO[Si](C)(C)C(C)(C)C)Oc4cc(N)ccc43)c[nH]c12.Nc1ccc2c(c1)OC1(CCOCC1)CN2CCc1c[nH]c2ccccc12. The van der Waals surface area contributed by atoms with E-state index in [0.717, 1.165) is 200 Å². The molecule has 1 unspecified atom stereocenters. The summed E-state index contributed by atoms with van der Waals surface area (Å²) in [7, 11) is -1.84. The summed E-state index contributed by atoms with van der Waals surface area (Å²) in [6, 6.07) is 56.5. The summed E-state index contributed by atoms with van der Waals surface area (Å²) in [4.78, 5) is 40.4. The molecular weight excluding hydrogens is 1550 g/mol. The van der Waals surface area contributed by atoms with Gasteiger partial charge in [0.1, 0.15) is 51.5 Å². The third-order valence-corrected chi connectivity index (χ3v) is 31.2. The van der Waals surface area contributed by atoms with Gasteiger partial charge in [-0.15, -0.1) is 0 Å². The Morgan fingerprint density at radius 2 is 0.862 bits per heavy atom. The van der Waals surface area contributed by atoms with Crippen LogP contribution in [0.2, 0.25) is 18.1 Å². The Morgan fingerprint density at radius 3 is 1.29 bits per heavy atom. The summed E-state index contributed by atoms with van der Waals surface area (Å²) >= 11 is 0. The number of ether oxygens (including phenoxy) is 6. The van der Waals surface area contributed by atoms with E-state index < -0.39 is 13.9 Å². The van der Waals surface area contributed by atoms with Crippen molar-refractivity contribution in [1.82, 2.24) is 29.7 Å². The molecule has 12 N–H and O–H groups in total. The number of carbonyl (C=O) groups is 1. The van der Waals surface area contributed by atoms with E-state index in [1.807, 2.05) is 69.3 Å². The van der Waals surface area contributed by atoms with Crippen LogP contribution in [0.3, 0.4) is 0 Å². The zero-order chi connectivity index (χ0) is 86.0. The van der Waals surface area contributed by atoms with Crippen molar-refractivity contribution in [1.29, 1.82) is 0 Å². The Labute approximate surface area is 726 Å². The van der Waals surface area contributed by atoms with E-state index >= 15 is 0 Å². The number of para-hydroxylation sites is 4. The zero-order valence-corrected chi connectivity index (χ0v) is 75.0. The lowest BCUT2D eigenvalue weighted by Crippen LogP contribution is -2.58. The van der Waals surface area contributed by atoms with Gasteiger partial charge in [-0.2, -0.15) is 0 Å². The van der Waals surface area contributed by atoms with Crippen LogP contribution in [0.25, 0.3) is 43.6 Å². The molecule has 3 fully saturated rings. The van der Waals surface area contributed by atoms with Crippen molar-refractivity contribution >= 4 is 104 Å². The first-order chi connectivity index (χ1) is 59.0. The van der Waals surface area contributed by atoms with E-state index in [0.29, 0.717) is 31.4 Å². The molecule has 8 aromatic carbocycles. The van der Waals surface area contributed by atoms with Crippen LogP contribution in [0.5, 0.6) is 23.0 Å². The number of amides is 1. The second-order valence-electron chi connectivity index (χ2n) is 37.9. The monoisotopic (exact) mass is 1680 g/mol. The summed E-state index contributed by atoms with van der Waals surface area (Å²) < 4.78 is 43.7. The number of piperidine rings is 2. The lowest BCUT2D eigenvalue weighted by atomic mass is 9.88. The number of carbonyl (C=O) groups excluding carboxylic acids is 1. The fourth-order valence-corrected chi connectivity index (χ4v) is 19.6. The highest BCUT2D eigenvalue weighted by molar-refractivity contribution is 6.74. The van der Waals surface area contributed by atoms with E-state index in [2.05, 4.69) is 239 Å². The normalized spacial score (nSPS) is 17.8. The van der Waals surface area contributed by atoms with Crippen LogP contribution in [-0.2, 0) is 39.6 Å². The van der Waals surface area contributed by atoms with Gasteiger partial charge in [0.25, 0.3) is 0 Å². The number of hydrogen-bond acceptors (Lipinski definition) is 17. The lowest BCUT2D eigenvalue weighted by Gasteiger charge is -2.49. The third kappa shape index (κ3) is 19.5. The van der Waals surface area contributed by atoms with Crippen molar-refractivity contribution in [3.8, 4) is 23.0 Å². The molecule has 0 radical (unpaired) electrons. The molecular formula is C100H128N14O8Si. The van der Waals surface area contributed by atoms with Gasteiger partial charge in [-0.3, -0.25) is 0 Å². The first-order valence-corrected chi connectivity index (χ1v) is 47.4. The van der Waals surface area contributed by atoms with E-state index in [1.165, 1.54) is 77.1 Å². The van der Waals surface area contributed by atoms with Crippen LogP contribution in [-0.4, -0.2) is 177 Å². The highest BCUT2D eigenvalue weighted by atomic mass is 28.4. The average molecular weight is 1680 g/mol. The molecule has 650 valence electrons. The Morgan fingerprint density at radius 1 is 0.480 bits per heavy atom. The Balaban J connectivity index is 0.000000122. The molecule has 4 aromatic heterocycles. The topological polar surface area (TPSA) is 268 Å². The van der Waals surface area contributed by atoms with Crippen LogP contribution in [0.4, 0.5) is 50.3 Å². The predicted molar refractivity (Wildman–Crippen MR) is 506 cm³/mol. The van der Waals surface area contributed by atoms with Crippen molar-refractivity contribution in [3.63, 3.8) is 0 Å². The van der Waals surface area contributed by atoms with Gasteiger partial charge in [-0.05, 0) is 180 Å². The number of nitrogens with two attached hydrogens (primary N) is 4. The molecule has 1 amide bonds. The van der Waals surface area contributed by atoms with Gasteiger partial charge in [0.15, 0.2) is 8.32 Å². The number of hydrogen-bond donors (Lipinski definition) is 8. The zero-order valence-electron chi connectivity index (χ0n) is 74.0. The highest BCUT2D eigenvalue weighted by Crippen LogP contribution is 2.47. The molecule has 7 aliphatic rings. The predicted octanol–water partition coefficient (Wildman–Crippen LogP) is 19.0. The van der Waals surface area contributed by atoms with Crippen molar-refractivity contribution in [2.24, 2.45) is 0 Å². The second kappa shape index (κ2) is 35.6. The van der Waals surface area contributed by atoms with Gasteiger partial charge in [0, 0.05) is 212 Å². The maximum Gasteiger partial charge on any atom is 0.410 e. The van der Waals surface area contributed by atoms with Gasteiger partial charge in [-0.1, -0.05) is 93.6 Å². The number of benzene rings is 8. The van der Waals surface area contributed by atoms with Gasteiger partial charge >= 0.3 is 6.09 Å². The first-order valence-electron chi connectivity index (χ1n) is 44.5. The number of H-pyrrole nitrogens is 4. The van der Waals surface area contributed by atoms with Crippen LogP contribution >= 0.6 is 0 Å². The van der Waals surface area contributed by atoms with Gasteiger partial charge in [-0.25, -0.2) is 4.79 Å². The standard InChI is InChI=1S/C27H34N4O3.C26H37N3O2Si.C25H32N4O.C22H25N3O2/c1-26(2,3)34-25(32)30-14-11-27(12-15-30)18-31(23-9-8-20(28)16-24(23)33-27)13-10-19-17-29-22-7-5-4-6-21(19)22;1-18-8-7-9-22-19(15-28-25(18)22)12-13-29-16-21(17-30-32(5,6)26(2,3)4)31-24-14-20(27)10-11-23(24)29;1-18(2)28-13-10-25(11-14-28)17-29(23-8-7-20(26)15-24(23)30-25)12-9-19-16-27-22-6-4-3-5-21(19)22;23-17-5-6-20-21(13-17)27-22(8-11-26-12-9-22)15-25(20)10-7-16-14-24-19-4-2-1-3-18(16)19/h4-9,16-17,29H,10-15,18,28H2,1-3H3;7-11,14-15,21,28H,12-13,16-17,27H2,1-6H3;3-8,15-16,18,27H,9-14,17,26H2,1-2H3;1-6,13-14,24H,7-12,15,23H2. The number of rotatable bonds is 16. The molecule has 1 atom stereocenters. The van der Waals surface area contributed by atoms with Crippen LogP contribution in [0.15, 0.2) is 189 Å². The Hall–Kier alpha value is -11.1. The van der Waals surface area contributed by atoms with E-state index in [9.17, 15) is 4.79 Å². The van der Waals surface area contributed by atoms with Crippen molar-refractivity contribution in [2.75, 3.05) is 141 Å². The maximum atomic E-state index is 12.6. The maximum absolute atomic E-state index is 12.6. The molecule has 19 rings (SSSR count). The van der Waals surface area contributed by atoms with Gasteiger partial charge in [0.05, 0.1) is 68.7 Å². The lowest BCUT2D eigenvalue weighted by molar-refractivity contribution is -0.0454. The Kier molecular flexibility index (Phi) is 24.7. The molecule has 123 heavy (non-hydrogen) atoms. The van der Waals surface area contributed by atoms with E-state index in [-0.39, 0.29) is 34.0 Å². The van der Waals surface area contributed by atoms with Gasteiger partial charge in [0.2, 0.25) is 0 Å². The van der Waals surface area contributed by atoms with Crippen LogP contribution in [0, 0.1) is 6.92 Å². The molecule has 11 heterocycles. The largest absolute Gasteiger partial charge is 0.484 e. The molecule has 0 bridgehead atoms. The van der Waals surface area contributed by atoms with Gasteiger partial charge < -0.3 is 105 Å². The molecule has 22 nitrogen and oxygen atoms in total. The van der Waals surface area contributed by atoms with E-state index in [4.69, 9.17) is 55.8 Å². The molecule has 3 saturated heterocycles. The fraction of sp³-hybridized carbons (Fsp3) is 0.430. The van der Waals surface area contributed by atoms with Crippen LogP contribution < -0.4 is 61.5 Å². The summed E-state index contributed by atoms with van der Waals surface area (Å²) in [5.41, 5.74) is 42.1. The molecule has 0 saturated carbocycles. The highest BCUT2D eigenvalue weighted by Gasteiger charge is 2.47. The smallest absolute Gasteiger partial charge is 0.410 e. The van der Waals surface area contributed by atoms with Crippen molar-refractivity contribution < 1.29 is 37.6 Å².